The van der Waals surface area contributed by atoms with Crippen LogP contribution < -0.4 is 0 Å². The third-order valence-electron chi connectivity index (χ3n) is 4.04. The van der Waals surface area contributed by atoms with Crippen molar-refractivity contribution in [1.82, 2.24) is 0 Å². The van der Waals surface area contributed by atoms with E-state index in [0.717, 1.165) is 12.5 Å². The molecule has 0 fully saturated rings. The Kier molecular flexibility index (Phi) is 31.5. The van der Waals surface area contributed by atoms with Gasteiger partial charge in [0.2, 0.25) is 0 Å². The number of esters is 3. The van der Waals surface area contributed by atoms with Gasteiger partial charge in [0.05, 0.1) is 19.8 Å². The Morgan fingerprint density at radius 3 is 1.48 bits per heavy atom. The highest BCUT2D eigenvalue weighted by molar-refractivity contribution is 5.86. The summed E-state index contributed by atoms with van der Waals surface area (Å²) in [6.45, 7) is 16.4. The fourth-order valence-electron chi connectivity index (χ4n) is 2.28. The normalized spacial score (nSPS) is 9.21. The molecular formula is C26H46O7. The van der Waals surface area contributed by atoms with Crippen LogP contribution in [0.5, 0.6) is 0 Å². The molecule has 0 heterocycles. The van der Waals surface area contributed by atoms with Crippen LogP contribution in [0.15, 0.2) is 37.5 Å². The zero-order valence-electron chi connectivity index (χ0n) is 21.1. The first kappa shape index (κ1) is 35.2. The minimum Gasteiger partial charge on any atom is -0.463 e. The molecule has 0 amide bonds. The van der Waals surface area contributed by atoms with Crippen molar-refractivity contribution < 1.29 is 33.7 Å². The second-order valence-corrected chi connectivity index (χ2v) is 7.15. The maximum atomic E-state index is 10.7. The van der Waals surface area contributed by atoms with Crippen LogP contribution in [0, 0.1) is 0 Å². The summed E-state index contributed by atoms with van der Waals surface area (Å²) < 4.78 is 13.8. The number of carbonyl (C=O) groups excluding carboxylic acids is 3. The molecule has 0 bridgehead atoms. The van der Waals surface area contributed by atoms with Crippen LogP contribution in [-0.2, 0) is 28.6 Å². The first-order valence-electron chi connectivity index (χ1n) is 11.8. The minimum atomic E-state index is -0.501. The highest BCUT2D eigenvalue weighted by atomic mass is 16.5. The largest absolute Gasteiger partial charge is 0.463 e. The zero-order chi connectivity index (χ0) is 25.7. The van der Waals surface area contributed by atoms with Gasteiger partial charge in [-0.05, 0) is 20.3 Å². The topological polar surface area (TPSA) is 99.1 Å². The fraction of sp³-hybridized carbons (Fsp3) is 0.654. The molecule has 0 atom stereocenters. The second kappa shape index (κ2) is 29.6. The quantitative estimate of drug-likeness (QED) is 0.130. The van der Waals surface area contributed by atoms with Gasteiger partial charge in [-0.3, -0.25) is 0 Å². The Balaban J connectivity index is -0.000000468. The maximum Gasteiger partial charge on any atom is 0.333 e. The number of carbonyl (C=O) groups is 3. The van der Waals surface area contributed by atoms with Crippen LogP contribution >= 0.6 is 0 Å². The number of ether oxygens (including phenoxy) is 3. The molecule has 0 rings (SSSR count). The van der Waals surface area contributed by atoms with Crippen LogP contribution in [0.1, 0.15) is 85.0 Å². The Morgan fingerprint density at radius 1 is 0.727 bits per heavy atom. The maximum absolute atomic E-state index is 10.7. The molecule has 0 aliphatic heterocycles. The van der Waals surface area contributed by atoms with Gasteiger partial charge in [-0.1, -0.05) is 84.4 Å². The average Bonchev–Trinajstić information content (AvgIpc) is 2.81. The van der Waals surface area contributed by atoms with Crippen LogP contribution in [-0.4, -0.2) is 49.4 Å². The minimum absolute atomic E-state index is 0.0465. The highest BCUT2D eigenvalue weighted by Crippen LogP contribution is 2.10. The van der Waals surface area contributed by atoms with E-state index in [4.69, 9.17) is 9.84 Å². The predicted octanol–water partition coefficient (Wildman–Crippen LogP) is 5.47. The van der Waals surface area contributed by atoms with Gasteiger partial charge in [0.25, 0.3) is 0 Å². The summed E-state index contributed by atoms with van der Waals surface area (Å²) in [4.78, 5) is 31.3. The van der Waals surface area contributed by atoms with Gasteiger partial charge in [-0.15, -0.1) is 0 Å². The molecule has 0 saturated carbocycles. The lowest BCUT2D eigenvalue weighted by atomic mass is 10.1. The van der Waals surface area contributed by atoms with E-state index >= 15 is 0 Å². The summed E-state index contributed by atoms with van der Waals surface area (Å²) >= 11 is 0. The van der Waals surface area contributed by atoms with Crippen molar-refractivity contribution in [3.05, 3.63) is 37.5 Å². The molecular weight excluding hydrogens is 424 g/mol. The fourth-order valence-corrected chi connectivity index (χ4v) is 2.28. The summed E-state index contributed by atoms with van der Waals surface area (Å²) in [7, 11) is 0. The lowest BCUT2D eigenvalue weighted by Crippen LogP contribution is -2.04. The van der Waals surface area contributed by atoms with Crippen LogP contribution in [0.2, 0.25) is 0 Å². The van der Waals surface area contributed by atoms with Crippen molar-refractivity contribution in [1.29, 1.82) is 0 Å². The van der Waals surface area contributed by atoms with Gasteiger partial charge in [0.1, 0.15) is 6.61 Å². The number of hydrogen-bond acceptors (Lipinski definition) is 7. The lowest BCUT2D eigenvalue weighted by molar-refractivity contribution is -0.139. The number of hydrogen-bond donors (Lipinski definition) is 1. The van der Waals surface area contributed by atoms with Gasteiger partial charge in [-0.25, -0.2) is 14.4 Å². The molecule has 0 aromatic rings. The Bertz CT molecular complexity index is 525. The summed E-state index contributed by atoms with van der Waals surface area (Å²) in [5, 5.41) is 8.10. The summed E-state index contributed by atoms with van der Waals surface area (Å²) in [6, 6.07) is 0. The van der Waals surface area contributed by atoms with E-state index in [1.807, 2.05) is 0 Å². The third kappa shape index (κ3) is 34.4. The summed E-state index contributed by atoms with van der Waals surface area (Å²) in [5.41, 5.74) is 0.451. The molecule has 0 aliphatic carbocycles. The molecule has 0 aromatic heterocycles. The third-order valence-corrected chi connectivity index (χ3v) is 4.04. The first-order valence-corrected chi connectivity index (χ1v) is 11.8. The molecule has 0 radical (unpaired) electrons. The van der Waals surface area contributed by atoms with Crippen molar-refractivity contribution in [2.24, 2.45) is 0 Å². The van der Waals surface area contributed by atoms with Crippen molar-refractivity contribution in [2.75, 3.05) is 26.4 Å². The van der Waals surface area contributed by atoms with E-state index in [9.17, 15) is 14.4 Å². The van der Waals surface area contributed by atoms with Crippen molar-refractivity contribution in [3.63, 3.8) is 0 Å². The second-order valence-electron chi connectivity index (χ2n) is 7.15. The molecule has 33 heavy (non-hydrogen) atoms. The van der Waals surface area contributed by atoms with Gasteiger partial charge in [-0.2, -0.15) is 0 Å². The molecule has 192 valence electrons. The highest BCUT2D eigenvalue weighted by Gasteiger charge is 1.98. The van der Waals surface area contributed by atoms with Crippen LogP contribution in [0.3, 0.4) is 0 Å². The smallest absolute Gasteiger partial charge is 0.333 e. The van der Waals surface area contributed by atoms with Crippen LogP contribution in [0.4, 0.5) is 0 Å². The summed E-state index contributed by atoms with van der Waals surface area (Å²) in [5.74, 6) is -1.12. The molecule has 0 unspecified atom stereocenters. The Morgan fingerprint density at radius 2 is 1.15 bits per heavy atom. The number of aliphatic hydroxyl groups is 1. The Hall–Kier alpha value is -2.41. The SMILES string of the molecule is C=C(C)C(=O)OCC.C=CC(=O)OCCCCCCCCCCCC.C=CC(=O)OCCO. The van der Waals surface area contributed by atoms with E-state index in [1.54, 1.807) is 13.8 Å². The molecule has 0 saturated heterocycles. The van der Waals surface area contributed by atoms with Crippen molar-refractivity contribution in [3.8, 4) is 0 Å². The predicted molar refractivity (Wildman–Crippen MR) is 133 cm³/mol. The van der Waals surface area contributed by atoms with E-state index in [0.29, 0.717) is 18.8 Å². The molecule has 7 nitrogen and oxygen atoms in total. The van der Waals surface area contributed by atoms with Crippen molar-refractivity contribution >= 4 is 17.9 Å². The molecule has 1 N–H and O–H groups in total. The van der Waals surface area contributed by atoms with E-state index in [1.165, 1.54) is 63.9 Å². The zero-order valence-corrected chi connectivity index (χ0v) is 21.1. The number of unbranched alkanes of at least 4 members (excludes halogenated alkanes) is 9. The van der Waals surface area contributed by atoms with Gasteiger partial charge < -0.3 is 19.3 Å². The molecule has 0 aromatic carbocycles. The van der Waals surface area contributed by atoms with E-state index in [2.05, 4.69) is 36.1 Å². The average molecular weight is 471 g/mol. The lowest BCUT2D eigenvalue weighted by Gasteiger charge is -2.03. The van der Waals surface area contributed by atoms with Gasteiger partial charge >= 0.3 is 17.9 Å². The van der Waals surface area contributed by atoms with Crippen LogP contribution in [0.25, 0.3) is 0 Å². The number of rotatable bonds is 17. The monoisotopic (exact) mass is 470 g/mol. The standard InChI is InChI=1S/C15H28O2.C6H10O2.C5H8O3/c1-3-5-6-7-8-9-10-11-12-13-14-17-15(16)4-2;1-4-8-6(7)5(2)3;1-2-5(7)8-4-3-6/h4H,2-3,5-14H2,1H3;2,4H2,1,3H3;2,6H,1,3-4H2. The number of aliphatic hydroxyl groups excluding tert-OH is 1. The van der Waals surface area contributed by atoms with Gasteiger partial charge in [0.15, 0.2) is 0 Å². The molecule has 0 spiro atoms. The Labute approximate surface area is 200 Å². The first-order chi connectivity index (χ1) is 15.8. The van der Waals surface area contributed by atoms with Crippen molar-refractivity contribution in [2.45, 2.75) is 85.0 Å². The van der Waals surface area contributed by atoms with E-state index in [-0.39, 0.29) is 25.2 Å². The summed E-state index contributed by atoms with van der Waals surface area (Å²) in [6.07, 6.45) is 15.2. The van der Waals surface area contributed by atoms with E-state index < -0.39 is 5.97 Å². The molecule has 7 heteroatoms. The molecule has 0 aliphatic rings. The van der Waals surface area contributed by atoms with Gasteiger partial charge in [0, 0.05) is 17.7 Å².